The number of rotatable bonds is 4. The van der Waals surface area contributed by atoms with E-state index < -0.39 is 22.4 Å². The van der Waals surface area contributed by atoms with Gasteiger partial charge < -0.3 is 5.11 Å². The van der Waals surface area contributed by atoms with Crippen molar-refractivity contribution in [3.05, 3.63) is 28.5 Å². The molecule has 0 saturated heterocycles. The van der Waals surface area contributed by atoms with E-state index in [4.69, 9.17) is 16.7 Å². The fourth-order valence-electron chi connectivity index (χ4n) is 2.69. The molecule has 0 radical (unpaired) electrons. The summed E-state index contributed by atoms with van der Waals surface area (Å²) in [5.74, 6) is -0.168. The zero-order valence-corrected chi connectivity index (χ0v) is 13.5. The van der Waals surface area contributed by atoms with Crippen molar-refractivity contribution < 1.29 is 17.9 Å². The Hall–Kier alpha value is -0.690. The van der Waals surface area contributed by atoms with Crippen LogP contribution in [-0.2, 0) is 16.6 Å². The smallest absolute Gasteiger partial charge is 0.240 e. The van der Waals surface area contributed by atoms with E-state index in [-0.39, 0.29) is 27.4 Å². The summed E-state index contributed by atoms with van der Waals surface area (Å²) >= 11 is 5.68. The van der Waals surface area contributed by atoms with E-state index in [9.17, 15) is 12.8 Å². The first-order valence-corrected chi connectivity index (χ1v) is 8.73. The number of sulfonamides is 1. The molecule has 1 aliphatic carbocycles. The summed E-state index contributed by atoms with van der Waals surface area (Å²) in [5, 5.41) is 8.88. The summed E-state index contributed by atoms with van der Waals surface area (Å²) < 4.78 is 41.0. The van der Waals surface area contributed by atoms with Crippen molar-refractivity contribution in [2.75, 3.05) is 0 Å². The van der Waals surface area contributed by atoms with Crippen LogP contribution in [0.4, 0.5) is 4.39 Å². The van der Waals surface area contributed by atoms with E-state index in [1.54, 1.807) is 0 Å². The minimum absolute atomic E-state index is 0.0601. The van der Waals surface area contributed by atoms with E-state index in [2.05, 4.69) is 11.6 Å². The zero-order valence-electron chi connectivity index (χ0n) is 11.9. The van der Waals surface area contributed by atoms with E-state index in [1.165, 1.54) is 6.07 Å². The van der Waals surface area contributed by atoms with Gasteiger partial charge in [0.15, 0.2) is 0 Å². The Kier molecular flexibility index (Phi) is 4.92. The molecule has 118 valence electrons. The van der Waals surface area contributed by atoms with Gasteiger partial charge >= 0.3 is 0 Å². The lowest BCUT2D eigenvalue weighted by Crippen LogP contribution is -2.37. The van der Waals surface area contributed by atoms with E-state index in [0.29, 0.717) is 5.92 Å². The molecule has 3 atom stereocenters. The highest BCUT2D eigenvalue weighted by Gasteiger charge is 2.33. The minimum atomic E-state index is -3.83. The van der Waals surface area contributed by atoms with Gasteiger partial charge in [0.25, 0.3) is 0 Å². The third-order valence-electron chi connectivity index (χ3n) is 4.33. The Morgan fingerprint density at radius 3 is 2.57 bits per heavy atom. The maximum absolute atomic E-state index is 13.7. The van der Waals surface area contributed by atoms with Crippen LogP contribution in [0, 0.1) is 17.7 Å². The van der Waals surface area contributed by atoms with Gasteiger partial charge in [-0.25, -0.2) is 17.5 Å². The third-order valence-corrected chi connectivity index (χ3v) is 6.22. The molecule has 2 rings (SSSR count). The predicted octanol–water partition coefficient (Wildman–Crippen LogP) is 2.68. The van der Waals surface area contributed by atoms with Crippen molar-refractivity contribution in [2.45, 2.75) is 44.2 Å². The molecule has 1 aromatic rings. The summed E-state index contributed by atoms with van der Waals surface area (Å²) in [6, 6.07) is 1.94. The Morgan fingerprint density at radius 1 is 1.38 bits per heavy atom. The van der Waals surface area contributed by atoms with Gasteiger partial charge in [-0.2, -0.15) is 0 Å². The molecular weight excluding hydrogens is 317 g/mol. The Morgan fingerprint density at radius 2 is 2.05 bits per heavy atom. The quantitative estimate of drug-likeness (QED) is 0.889. The van der Waals surface area contributed by atoms with Crippen LogP contribution in [0.5, 0.6) is 0 Å². The highest BCUT2D eigenvalue weighted by atomic mass is 35.5. The van der Waals surface area contributed by atoms with Gasteiger partial charge in [0, 0.05) is 11.6 Å². The normalized spacial score (nSPS) is 26.2. The maximum atomic E-state index is 13.7. The lowest BCUT2D eigenvalue weighted by atomic mass is 9.98. The van der Waals surface area contributed by atoms with E-state index in [0.717, 1.165) is 18.9 Å². The Labute approximate surface area is 129 Å². The van der Waals surface area contributed by atoms with Crippen LogP contribution in [-0.4, -0.2) is 19.6 Å². The molecule has 1 aliphatic rings. The van der Waals surface area contributed by atoms with Crippen molar-refractivity contribution in [1.82, 2.24) is 4.72 Å². The van der Waals surface area contributed by atoms with Gasteiger partial charge in [-0.05, 0) is 36.8 Å². The molecule has 0 amide bonds. The van der Waals surface area contributed by atoms with Crippen molar-refractivity contribution in [3.63, 3.8) is 0 Å². The first-order valence-electron chi connectivity index (χ1n) is 6.87. The SMILES string of the molecule is CC1CCC(NS(=O)(=O)c2cc(F)c(Cl)c(CO)c2)C1C. The highest BCUT2D eigenvalue weighted by molar-refractivity contribution is 7.89. The molecule has 0 aliphatic heterocycles. The number of nitrogens with one attached hydrogen (secondary N) is 1. The van der Waals surface area contributed by atoms with Gasteiger partial charge in [-0.1, -0.05) is 25.4 Å². The molecule has 1 fully saturated rings. The molecule has 0 bridgehead atoms. The van der Waals surface area contributed by atoms with Gasteiger partial charge in [-0.15, -0.1) is 0 Å². The molecule has 21 heavy (non-hydrogen) atoms. The predicted molar refractivity (Wildman–Crippen MR) is 79.0 cm³/mol. The van der Waals surface area contributed by atoms with Crippen LogP contribution in [0.2, 0.25) is 5.02 Å². The Balaban J connectivity index is 2.30. The number of halogens is 2. The number of aliphatic hydroxyl groups is 1. The average molecular weight is 336 g/mol. The topological polar surface area (TPSA) is 66.4 Å². The van der Waals surface area contributed by atoms with Gasteiger partial charge in [0.1, 0.15) is 5.82 Å². The second kappa shape index (κ2) is 6.20. The van der Waals surface area contributed by atoms with Crippen molar-refractivity contribution in [2.24, 2.45) is 11.8 Å². The van der Waals surface area contributed by atoms with Crippen LogP contribution in [0.3, 0.4) is 0 Å². The van der Waals surface area contributed by atoms with E-state index in [1.807, 2.05) is 6.92 Å². The second-order valence-corrected chi connectivity index (χ2v) is 7.77. The van der Waals surface area contributed by atoms with Gasteiger partial charge in [0.2, 0.25) is 10.0 Å². The lowest BCUT2D eigenvalue weighted by Gasteiger charge is -2.20. The molecule has 4 nitrogen and oxygen atoms in total. The van der Waals surface area contributed by atoms with Crippen molar-refractivity contribution in [1.29, 1.82) is 0 Å². The zero-order chi connectivity index (χ0) is 15.8. The van der Waals surface area contributed by atoms with E-state index >= 15 is 0 Å². The highest BCUT2D eigenvalue weighted by Crippen LogP contribution is 2.32. The van der Waals surface area contributed by atoms with Gasteiger partial charge in [0.05, 0.1) is 16.5 Å². The summed E-state index contributed by atoms with van der Waals surface area (Å²) in [6.45, 7) is 3.58. The van der Waals surface area contributed by atoms with Gasteiger partial charge in [-0.3, -0.25) is 0 Å². The summed E-state index contributed by atoms with van der Waals surface area (Å²) in [5.41, 5.74) is 0.0601. The third kappa shape index (κ3) is 3.39. The van der Waals surface area contributed by atoms with Crippen LogP contribution in [0.1, 0.15) is 32.3 Å². The lowest BCUT2D eigenvalue weighted by molar-refractivity contribution is 0.281. The number of aliphatic hydroxyl groups excluding tert-OH is 1. The number of hydrogen-bond donors (Lipinski definition) is 2. The van der Waals surface area contributed by atoms with Crippen molar-refractivity contribution >= 4 is 21.6 Å². The molecule has 2 N–H and O–H groups in total. The largest absolute Gasteiger partial charge is 0.392 e. The summed E-state index contributed by atoms with van der Waals surface area (Å²) in [6.07, 6.45) is 1.73. The Bertz CT molecular complexity index is 635. The fourth-order valence-corrected chi connectivity index (χ4v) is 4.28. The van der Waals surface area contributed by atoms with Crippen LogP contribution < -0.4 is 4.72 Å². The molecule has 1 aromatic carbocycles. The summed E-state index contributed by atoms with van der Waals surface area (Å²) in [7, 11) is -3.83. The first-order chi connectivity index (χ1) is 9.76. The molecule has 1 saturated carbocycles. The second-order valence-electron chi connectivity index (χ2n) is 5.68. The maximum Gasteiger partial charge on any atom is 0.240 e. The first kappa shape index (κ1) is 16.7. The monoisotopic (exact) mass is 335 g/mol. The van der Waals surface area contributed by atoms with Crippen LogP contribution >= 0.6 is 11.6 Å². The molecule has 0 heterocycles. The molecule has 3 unspecified atom stereocenters. The number of hydrogen-bond acceptors (Lipinski definition) is 3. The number of benzene rings is 1. The average Bonchev–Trinajstić information content (AvgIpc) is 2.73. The van der Waals surface area contributed by atoms with Crippen LogP contribution in [0.15, 0.2) is 17.0 Å². The molecule has 0 spiro atoms. The minimum Gasteiger partial charge on any atom is -0.392 e. The molecule has 0 aromatic heterocycles. The summed E-state index contributed by atoms with van der Waals surface area (Å²) in [4.78, 5) is -0.208. The van der Waals surface area contributed by atoms with Crippen molar-refractivity contribution in [3.8, 4) is 0 Å². The fraction of sp³-hybridized carbons (Fsp3) is 0.571. The standard InChI is InChI=1S/C14H19ClFNO3S/c1-8-3-4-13(9(8)2)17-21(19,20)11-5-10(7-18)14(15)12(16)6-11/h5-6,8-9,13,17-18H,3-4,7H2,1-2H3. The van der Waals surface area contributed by atoms with Crippen LogP contribution in [0.25, 0.3) is 0 Å². The molecule has 7 heteroatoms. The molecular formula is C14H19ClFNO3S.